The molecule has 1 aromatic rings. The number of rotatable bonds is 6. The maximum absolute atomic E-state index is 11.8. The summed E-state index contributed by atoms with van der Waals surface area (Å²) >= 11 is 0. The third-order valence-electron chi connectivity index (χ3n) is 2.85. The van der Waals surface area contributed by atoms with E-state index < -0.39 is 22.0 Å². The van der Waals surface area contributed by atoms with Crippen LogP contribution in [0.5, 0.6) is 0 Å². The highest BCUT2D eigenvalue weighted by Crippen LogP contribution is 2.30. The van der Waals surface area contributed by atoms with Gasteiger partial charge in [-0.25, -0.2) is 18.0 Å². The zero-order valence-electron chi connectivity index (χ0n) is 10.4. The Bertz CT molecular complexity index is 630. The SMILES string of the molecule is O=C(O)c1cc(NS(=O)(=O)CC2CC2)cc(C(=O)O)c1. The maximum atomic E-state index is 11.8. The van der Waals surface area contributed by atoms with E-state index in [-0.39, 0.29) is 28.5 Å². The number of carboxylic acid groups (broad SMARTS) is 2. The maximum Gasteiger partial charge on any atom is 0.335 e. The molecule has 0 aromatic heterocycles. The largest absolute Gasteiger partial charge is 0.478 e. The van der Waals surface area contributed by atoms with Crippen molar-refractivity contribution in [2.45, 2.75) is 12.8 Å². The lowest BCUT2D eigenvalue weighted by atomic mass is 10.1. The molecule has 0 unspecified atom stereocenters. The Morgan fingerprint density at radius 2 is 1.60 bits per heavy atom. The lowest BCUT2D eigenvalue weighted by molar-refractivity contribution is 0.0696. The Kier molecular flexibility index (Phi) is 3.67. The fraction of sp³-hybridized carbons (Fsp3) is 0.333. The van der Waals surface area contributed by atoms with Crippen LogP contribution in [0.1, 0.15) is 33.6 Å². The molecule has 0 radical (unpaired) electrons. The first-order valence-electron chi connectivity index (χ1n) is 5.89. The van der Waals surface area contributed by atoms with E-state index in [9.17, 15) is 18.0 Å². The second-order valence-corrected chi connectivity index (χ2v) is 6.50. The standard InChI is InChI=1S/C12H13NO6S/c14-11(15)8-3-9(12(16)17)5-10(4-8)13-20(18,19)6-7-1-2-7/h3-5,7,13H,1-2,6H2,(H,14,15)(H,16,17). The van der Waals surface area contributed by atoms with Crippen molar-refractivity contribution in [1.29, 1.82) is 0 Å². The van der Waals surface area contributed by atoms with Crippen molar-refractivity contribution in [1.82, 2.24) is 0 Å². The molecule has 1 aliphatic rings. The quantitative estimate of drug-likeness (QED) is 0.726. The monoisotopic (exact) mass is 299 g/mol. The predicted octanol–water partition coefficient (Wildman–Crippen LogP) is 1.23. The normalized spacial score (nSPS) is 14.8. The molecule has 0 heterocycles. The van der Waals surface area contributed by atoms with E-state index in [1.54, 1.807) is 0 Å². The van der Waals surface area contributed by atoms with Gasteiger partial charge in [-0.3, -0.25) is 4.72 Å². The number of aromatic carboxylic acids is 2. The second kappa shape index (κ2) is 5.12. The molecule has 3 N–H and O–H groups in total. The topological polar surface area (TPSA) is 121 Å². The van der Waals surface area contributed by atoms with Gasteiger partial charge in [-0.2, -0.15) is 0 Å². The van der Waals surface area contributed by atoms with Gasteiger partial charge in [0, 0.05) is 0 Å². The van der Waals surface area contributed by atoms with Crippen LogP contribution in [-0.2, 0) is 10.0 Å². The number of hydrogen-bond acceptors (Lipinski definition) is 4. The summed E-state index contributed by atoms with van der Waals surface area (Å²) in [6.07, 6.45) is 1.72. The summed E-state index contributed by atoms with van der Waals surface area (Å²) in [7, 11) is -3.59. The fourth-order valence-electron chi connectivity index (χ4n) is 1.75. The highest BCUT2D eigenvalue weighted by molar-refractivity contribution is 7.92. The van der Waals surface area contributed by atoms with Crippen LogP contribution in [-0.4, -0.2) is 36.3 Å². The third-order valence-corrected chi connectivity index (χ3v) is 4.31. The molecule has 0 atom stereocenters. The van der Waals surface area contributed by atoms with Crippen LogP contribution in [0.25, 0.3) is 0 Å². The van der Waals surface area contributed by atoms with E-state index in [4.69, 9.17) is 10.2 Å². The summed E-state index contributed by atoms with van der Waals surface area (Å²) in [6.45, 7) is 0. The van der Waals surface area contributed by atoms with Gasteiger partial charge in [0.1, 0.15) is 0 Å². The Morgan fingerprint density at radius 3 is 2.00 bits per heavy atom. The van der Waals surface area contributed by atoms with Gasteiger partial charge < -0.3 is 10.2 Å². The number of carbonyl (C=O) groups is 2. The molecule has 7 nitrogen and oxygen atoms in total. The Hall–Kier alpha value is -2.09. The van der Waals surface area contributed by atoms with Gasteiger partial charge in [-0.1, -0.05) is 0 Å². The molecular formula is C12H13NO6S. The van der Waals surface area contributed by atoms with E-state index >= 15 is 0 Å². The van der Waals surface area contributed by atoms with Gasteiger partial charge in [-0.05, 0) is 37.0 Å². The summed E-state index contributed by atoms with van der Waals surface area (Å²) in [5, 5.41) is 17.8. The number of carboxylic acids is 2. The highest BCUT2D eigenvalue weighted by Gasteiger charge is 2.28. The minimum atomic E-state index is -3.59. The van der Waals surface area contributed by atoms with Crippen LogP contribution in [0.3, 0.4) is 0 Å². The summed E-state index contributed by atoms with van der Waals surface area (Å²) in [6, 6.07) is 3.17. The molecule has 0 spiro atoms. The second-order valence-electron chi connectivity index (χ2n) is 4.74. The molecule has 0 bridgehead atoms. The average Bonchev–Trinajstić information content (AvgIpc) is 3.10. The molecule has 0 amide bonds. The van der Waals surface area contributed by atoms with Crippen LogP contribution < -0.4 is 4.72 Å². The predicted molar refractivity (Wildman–Crippen MR) is 70.5 cm³/mol. The van der Waals surface area contributed by atoms with Crippen LogP contribution in [0.15, 0.2) is 18.2 Å². The van der Waals surface area contributed by atoms with Crippen LogP contribution in [0, 0.1) is 5.92 Å². The number of hydrogen-bond donors (Lipinski definition) is 3. The highest BCUT2D eigenvalue weighted by atomic mass is 32.2. The van der Waals surface area contributed by atoms with Crippen molar-refractivity contribution in [3.63, 3.8) is 0 Å². The zero-order valence-corrected chi connectivity index (χ0v) is 11.2. The smallest absolute Gasteiger partial charge is 0.335 e. The average molecular weight is 299 g/mol. The van der Waals surface area contributed by atoms with Crippen molar-refractivity contribution in [3.05, 3.63) is 29.3 Å². The van der Waals surface area contributed by atoms with Crippen molar-refractivity contribution in [2.24, 2.45) is 5.92 Å². The molecule has 1 aromatic carbocycles. The molecule has 0 aliphatic heterocycles. The first kappa shape index (κ1) is 14.3. The number of benzene rings is 1. The van der Waals surface area contributed by atoms with E-state index in [0.717, 1.165) is 31.0 Å². The molecule has 20 heavy (non-hydrogen) atoms. The molecule has 1 aliphatic carbocycles. The molecule has 8 heteroatoms. The number of sulfonamides is 1. The van der Waals surface area contributed by atoms with E-state index in [2.05, 4.69) is 4.72 Å². The Labute approximate surface area is 115 Å². The summed E-state index contributed by atoms with van der Waals surface area (Å²) in [5.74, 6) is -2.55. The number of nitrogens with one attached hydrogen (secondary N) is 1. The molecule has 108 valence electrons. The zero-order chi connectivity index (χ0) is 14.9. The lowest BCUT2D eigenvalue weighted by Crippen LogP contribution is -2.18. The van der Waals surface area contributed by atoms with Crippen molar-refractivity contribution in [3.8, 4) is 0 Å². The summed E-state index contributed by atoms with van der Waals surface area (Å²) < 4.78 is 25.8. The van der Waals surface area contributed by atoms with E-state index in [1.165, 1.54) is 0 Å². The van der Waals surface area contributed by atoms with Gasteiger partial charge in [-0.15, -0.1) is 0 Å². The Morgan fingerprint density at radius 1 is 1.10 bits per heavy atom. The molecule has 1 fully saturated rings. The number of anilines is 1. The fourth-order valence-corrected chi connectivity index (χ4v) is 3.26. The first-order valence-corrected chi connectivity index (χ1v) is 7.54. The summed E-state index contributed by atoms with van der Waals surface area (Å²) in [4.78, 5) is 21.8. The molecule has 1 saturated carbocycles. The van der Waals surface area contributed by atoms with Crippen LogP contribution in [0.4, 0.5) is 5.69 Å². The Balaban J connectivity index is 2.30. The van der Waals surface area contributed by atoms with Crippen LogP contribution >= 0.6 is 0 Å². The van der Waals surface area contributed by atoms with Crippen molar-refractivity contribution in [2.75, 3.05) is 10.5 Å². The minimum Gasteiger partial charge on any atom is -0.478 e. The van der Waals surface area contributed by atoms with Gasteiger partial charge in [0.25, 0.3) is 0 Å². The minimum absolute atomic E-state index is 0.0350. The van der Waals surface area contributed by atoms with E-state index in [1.807, 2.05) is 0 Å². The van der Waals surface area contributed by atoms with Gasteiger partial charge in [0.2, 0.25) is 10.0 Å². The third kappa shape index (κ3) is 3.70. The van der Waals surface area contributed by atoms with Crippen LogP contribution in [0.2, 0.25) is 0 Å². The van der Waals surface area contributed by atoms with Gasteiger partial charge in [0.15, 0.2) is 0 Å². The first-order chi connectivity index (χ1) is 9.27. The van der Waals surface area contributed by atoms with Gasteiger partial charge in [0.05, 0.1) is 22.6 Å². The van der Waals surface area contributed by atoms with Gasteiger partial charge >= 0.3 is 11.9 Å². The van der Waals surface area contributed by atoms with Crippen molar-refractivity contribution >= 4 is 27.6 Å². The molecule has 0 saturated heterocycles. The lowest BCUT2D eigenvalue weighted by Gasteiger charge is -2.09. The summed E-state index contributed by atoms with van der Waals surface area (Å²) in [5.41, 5.74) is -0.619. The molecular weight excluding hydrogens is 286 g/mol. The van der Waals surface area contributed by atoms with Crippen molar-refractivity contribution < 1.29 is 28.2 Å². The molecule has 2 rings (SSSR count). The van der Waals surface area contributed by atoms with E-state index in [0.29, 0.717) is 0 Å².